The first-order chi connectivity index (χ1) is 14.0. The van der Waals surface area contributed by atoms with E-state index in [9.17, 15) is 9.59 Å². The summed E-state index contributed by atoms with van der Waals surface area (Å²) in [5.41, 5.74) is 7.76. The lowest BCUT2D eigenvalue weighted by atomic mass is 10.1. The van der Waals surface area contributed by atoms with Crippen molar-refractivity contribution in [1.82, 2.24) is 19.5 Å². The zero-order valence-corrected chi connectivity index (χ0v) is 16.0. The van der Waals surface area contributed by atoms with Crippen LogP contribution in [0.25, 0.3) is 28.2 Å². The van der Waals surface area contributed by atoms with Gasteiger partial charge in [-0.3, -0.25) is 4.79 Å². The highest BCUT2D eigenvalue weighted by Crippen LogP contribution is 2.26. The molecule has 4 rings (SSSR count). The zero-order valence-electron chi connectivity index (χ0n) is 16.0. The van der Waals surface area contributed by atoms with Crippen LogP contribution < -0.4 is 16.2 Å². The maximum absolute atomic E-state index is 12.8. The third-order valence-electron chi connectivity index (χ3n) is 4.49. The lowest BCUT2D eigenvalue weighted by Crippen LogP contribution is -2.16. The highest BCUT2D eigenvalue weighted by atomic mass is 16.5. The second-order valence-corrected chi connectivity index (χ2v) is 6.49. The van der Waals surface area contributed by atoms with Gasteiger partial charge in [0, 0.05) is 5.56 Å². The van der Waals surface area contributed by atoms with Gasteiger partial charge in [0.05, 0.1) is 12.3 Å². The van der Waals surface area contributed by atoms with Crippen molar-refractivity contribution >= 4 is 17.1 Å². The average molecular weight is 389 g/mol. The largest absolute Gasteiger partial charge is 0.492 e. The molecule has 8 heteroatoms. The highest BCUT2D eigenvalue weighted by Gasteiger charge is 2.21. The summed E-state index contributed by atoms with van der Waals surface area (Å²) in [6.07, 6.45) is 0. The van der Waals surface area contributed by atoms with E-state index < -0.39 is 11.6 Å². The number of aromatic nitrogens is 4. The normalized spacial score (nSPS) is 11.0. The monoisotopic (exact) mass is 389 g/mol. The molecule has 8 nitrogen and oxygen atoms in total. The van der Waals surface area contributed by atoms with Crippen LogP contribution in [0.2, 0.25) is 0 Å². The Morgan fingerprint density at radius 2 is 1.86 bits per heavy atom. The number of nitrogens with two attached hydrogens (primary N) is 1. The molecule has 0 aliphatic heterocycles. The number of carbonyl (C=O) groups excluding carboxylic acids is 1. The third-order valence-corrected chi connectivity index (χ3v) is 4.49. The Labute approximate surface area is 166 Å². The van der Waals surface area contributed by atoms with Gasteiger partial charge in [0.1, 0.15) is 11.3 Å². The molecule has 2 aromatic carbocycles. The van der Waals surface area contributed by atoms with Gasteiger partial charge < -0.3 is 15.5 Å². The Kier molecular flexibility index (Phi) is 4.59. The first kappa shape index (κ1) is 18.4. The number of hydrogen-bond acceptors (Lipinski definition) is 5. The van der Waals surface area contributed by atoms with Crippen LogP contribution in [0.3, 0.4) is 0 Å². The van der Waals surface area contributed by atoms with Gasteiger partial charge in [0.15, 0.2) is 17.2 Å². The fourth-order valence-electron chi connectivity index (χ4n) is 3.14. The molecule has 0 atom stereocenters. The summed E-state index contributed by atoms with van der Waals surface area (Å²) in [6.45, 7) is 4.26. The van der Waals surface area contributed by atoms with E-state index in [1.54, 1.807) is 18.2 Å². The molecule has 29 heavy (non-hydrogen) atoms. The summed E-state index contributed by atoms with van der Waals surface area (Å²) < 4.78 is 7.03. The van der Waals surface area contributed by atoms with E-state index in [0.29, 0.717) is 29.4 Å². The smallest absolute Gasteiger partial charge is 0.332 e. The molecule has 0 unspecified atom stereocenters. The average Bonchev–Trinajstić information content (AvgIpc) is 3.04. The number of fused-ring (bicyclic) bond motifs is 1. The number of amides is 1. The molecule has 1 amide bonds. The van der Waals surface area contributed by atoms with Gasteiger partial charge in [0.2, 0.25) is 0 Å². The predicted octanol–water partition coefficient (Wildman–Crippen LogP) is 2.58. The Balaban J connectivity index is 2.05. The first-order valence-electron chi connectivity index (χ1n) is 9.11. The molecule has 146 valence electrons. The number of nitrogens with one attached hydrogen (secondary N) is 1. The van der Waals surface area contributed by atoms with E-state index in [2.05, 4.69) is 15.0 Å². The number of hydrogen-bond donors (Lipinski definition) is 2. The molecule has 0 fully saturated rings. The van der Waals surface area contributed by atoms with Gasteiger partial charge in [-0.2, -0.15) is 0 Å². The van der Waals surface area contributed by atoms with Crippen LogP contribution in [0.5, 0.6) is 5.75 Å². The van der Waals surface area contributed by atoms with Crippen molar-refractivity contribution in [2.24, 2.45) is 5.73 Å². The fraction of sp³-hybridized carbons (Fsp3) is 0.143. The third kappa shape index (κ3) is 3.25. The molecule has 4 aromatic rings. The maximum atomic E-state index is 12.8. The number of ether oxygens (including phenoxy) is 1. The summed E-state index contributed by atoms with van der Waals surface area (Å²) in [5.74, 6) is 0.0688. The maximum Gasteiger partial charge on any atom is 0.332 e. The van der Waals surface area contributed by atoms with E-state index in [0.717, 1.165) is 5.56 Å². The van der Waals surface area contributed by atoms with Crippen molar-refractivity contribution < 1.29 is 9.53 Å². The summed E-state index contributed by atoms with van der Waals surface area (Å²) in [4.78, 5) is 36.4. The van der Waals surface area contributed by atoms with Crippen LogP contribution in [-0.4, -0.2) is 32.0 Å². The minimum absolute atomic E-state index is 0.0460. The number of primary amides is 1. The quantitative estimate of drug-likeness (QED) is 0.544. The van der Waals surface area contributed by atoms with Crippen molar-refractivity contribution in [1.29, 1.82) is 0 Å². The summed E-state index contributed by atoms with van der Waals surface area (Å²) >= 11 is 0. The van der Waals surface area contributed by atoms with Crippen LogP contribution in [0.4, 0.5) is 0 Å². The number of H-pyrrole nitrogens is 1. The Hall–Kier alpha value is -3.94. The number of carbonyl (C=O) groups is 1. The van der Waals surface area contributed by atoms with E-state index in [1.165, 1.54) is 4.57 Å². The van der Waals surface area contributed by atoms with Crippen LogP contribution in [-0.2, 0) is 0 Å². The van der Waals surface area contributed by atoms with Crippen LogP contribution in [0, 0.1) is 6.92 Å². The standard InChI is InChI=1S/C21H19N5O3/c1-3-29-15-7-5-4-6-14(15)26-20-17(24-21(26)28)16(18(22)27)23-19(25-20)13-10-8-12(2)9-11-13/h4-11H,3H2,1-2H3,(H2,22,27)(H,24,28). The Morgan fingerprint density at radius 3 is 2.55 bits per heavy atom. The number of rotatable bonds is 5. The lowest BCUT2D eigenvalue weighted by Gasteiger charge is -2.11. The minimum Gasteiger partial charge on any atom is -0.492 e. The van der Waals surface area contributed by atoms with Crippen molar-refractivity contribution in [2.75, 3.05) is 6.61 Å². The SMILES string of the molecule is CCOc1ccccc1-n1c(=O)[nH]c2c(C(N)=O)nc(-c3ccc(C)cc3)nc21. The minimum atomic E-state index is -0.753. The van der Waals surface area contributed by atoms with E-state index in [1.807, 2.05) is 44.2 Å². The summed E-state index contributed by atoms with van der Waals surface area (Å²) in [6, 6.07) is 14.7. The van der Waals surface area contributed by atoms with E-state index in [-0.39, 0.29) is 16.9 Å². The molecule has 2 heterocycles. The van der Waals surface area contributed by atoms with Gasteiger partial charge in [-0.25, -0.2) is 19.3 Å². The Bertz CT molecular complexity index is 1270. The van der Waals surface area contributed by atoms with Crippen LogP contribution in [0.15, 0.2) is 53.3 Å². The number of imidazole rings is 1. The molecule has 0 saturated heterocycles. The molecular weight excluding hydrogens is 370 g/mol. The molecule has 0 aliphatic rings. The van der Waals surface area contributed by atoms with Crippen LogP contribution in [0.1, 0.15) is 23.0 Å². The van der Waals surface area contributed by atoms with Gasteiger partial charge in [-0.05, 0) is 26.0 Å². The molecular formula is C21H19N5O3. The van der Waals surface area contributed by atoms with Gasteiger partial charge in [-0.1, -0.05) is 42.0 Å². The predicted molar refractivity (Wildman–Crippen MR) is 109 cm³/mol. The lowest BCUT2D eigenvalue weighted by molar-refractivity contribution is 0.0997. The topological polar surface area (TPSA) is 116 Å². The highest BCUT2D eigenvalue weighted by molar-refractivity contribution is 6.02. The van der Waals surface area contributed by atoms with Crippen molar-refractivity contribution in [3.8, 4) is 22.8 Å². The zero-order chi connectivity index (χ0) is 20.5. The number of benzene rings is 2. The number of aryl methyl sites for hydroxylation is 1. The molecule has 0 aliphatic carbocycles. The Morgan fingerprint density at radius 1 is 1.14 bits per heavy atom. The van der Waals surface area contributed by atoms with Crippen molar-refractivity contribution in [3.05, 3.63) is 70.3 Å². The fourth-order valence-corrected chi connectivity index (χ4v) is 3.14. The summed E-state index contributed by atoms with van der Waals surface area (Å²) in [5, 5.41) is 0. The number of nitrogens with zero attached hydrogens (tertiary/aromatic N) is 3. The molecule has 0 bridgehead atoms. The first-order valence-corrected chi connectivity index (χ1v) is 9.11. The molecule has 0 saturated carbocycles. The second kappa shape index (κ2) is 7.23. The van der Waals surface area contributed by atoms with Gasteiger partial charge in [0.25, 0.3) is 5.91 Å². The molecule has 2 aromatic heterocycles. The molecule has 3 N–H and O–H groups in total. The van der Waals surface area contributed by atoms with Crippen molar-refractivity contribution in [2.45, 2.75) is 13.8 Å². The van der Waals surface area contributed by atoms with Gasteiger partial charge >= 0.3 is 5.69 Å². The second-order valence-electron chi connectivity index (χ2n) is 6.49. The molecule has 0 radical (unpaired) electrons. The number of para-hydroxylation sites is 2. The van der Waals surface area contributed by atoms with Crippen LogP contribution >= 0.6 is 0 Å². The molecule has 0 spiro atoms. The van der Waals surface area contributed by atoms with E-state index in [4.69, 9.17) is 10.5 Å². The van der Waals surface area contributed by atoms with E-state index >= 15 is 0 Å². The summed E-state index contributed by atoms with van der Waals surface area (Å²) in [7, 11) is 0. The van der Waals surface area contributed by atoms with Crippen molar-refractivity contribution in [3.63, 3.8) is 0 Å². The number of aromatic amines is 1. The van der Waals surface area contributed by atoms with Gasteiger partial charge in [-0.15, -0.1) is 0 Å².